The molecule has 1 saturated carbocycles. The number of aryl methyl sites for hydroxylation is 1. The second-order valence-electron chi connectivity index (χ2n) is 10.1. The molecular weight excluding hydrogens is 490 g/mol. The van der Waals surface area contributed by atoms with Gasteiger partial charge in [-0.2, -0.15) is 0 Å². The van der Waals surface area contributed by atoms with Gasteiger partial charge in [-0.05, 0) is 58.5 Å². The smallest absolute Gasteiger partial charge is 0.315 e. The molecule has 0 bridgehead atoms. The minimum absolute atomic E-state index is 0.0212. The Balaban J connectivity index is 1.30. The lowest BCUT2D eigenvalue weighted by molar-refractivity contribution is -0.158. The fourth-order valence-electron chi connectivity index (χ4n) is 6.01. The number of nitrogens with one attached hydrogen (secondary N) is 1. The Bertz CT molecular complexity index is 1500. The van der Waals surface area contributed by atoms with E-state index in [-0.39, 0.29) is 5.91 Å². The number of fused-ring (bicyclic) bond motifs is 1. The summed E-state index contributed by atoms with van der Waals surface area (Å²) in [6.07, 6.45) is 1.13. The predicted octanol–water partition coefficient (Wildman–Crippen LogP) is 6.04. The summed E-state index contributed by atoms with van der Waals surface area (Å²) in [6, 6.07) is 31.9. The molecule has 4 aromatic carbocycles. The van der Waals surface area contributed by atoms with Crippen molar-refractivity contribution in [2.75, 3.05) is 5.32 Å². The first-order valence-electron chi connectivity index (χ1n) is 13.1. The molecule has 6 nitrogen and oxygen atoms in total. The summed E-state index contributed by atoms with van der Waals surface area (Å²) in [7, 11) is 0. The molecule has 194 valence electrons. The Morgan fingerprint density at radius 1 is 0.718 bits per heavy atom. The molecule has 39 heavy (non-hydrogen) atoms. The summed E-state index contributed by atoms with van der Waals surface area (Å²) in [5.41, 5.74) is 5.37. The Kier molecular flexibility index (Phi) is 6.45. The number of carbonyl (C=O) groups is 3. The number of amides is 1. The zero-order valence-electron chi connectivity index (χ0n) is 21.1. The average Bonchev–Trinajstić information content (AvgIpc) is 2.93. The van der Waals surface area contributed by atoms with Crippen LogP contribution in [0.15, 0.2) is 103 Å². The van der Waals surface area contributed by atoms with Crippen molar-refractivity contribution in [1.29, 1.82) is 0 Å². The Labute approximate surface area is 226 Å². The van der Waals surface area contributed by atoms with Crippen molar-refractivity contribution in [3.8, 4) is 16.9 Å². The van der Waals surface area contributed by atoms with E-state index in [0.29, 0.717) is 18.6 Å². The molecule has 1 heterocycles. The van der Waals surface area contributed by atoms with E-state index in [1.807, 2.05) is 91.0 Å². The van der Waals surface area contributed by atoms with Gasteiger partial charge in [0.05, 0.1) is 11.8 Å². The standard InChI is InChI=1S/C33H27NO5/c35-27-17-15-24-18-23(14-16-26(24)34-27)22-12-7-13-25(19-22)39-33(38)31-28(20-8-3-1-4-9-20)30(32(36)37)29(31)21-10-5-2-6-11-21/h1-14,16,18-19,28-31H,15,17H2,(H,34,35)(H,36,37). The van der Waals surface area contributed by atoms with Crippen LogP contribution in [0.5, 0.6) is 5.75 Å². The molecule has 2 atom stereocenters. The molecule has 1 fully saturated rings. The first-order valence-corrected chi connectivity index (χ1v) is 13.1. The van der Waals surface area contributed by atoms with E-state index >= 15 is 0 Å². The van der Waals surface area contributed by atoms with E-state index in [9.17, 15) is 19.5 Å². The van der Waals surface area contributed by atoms with Gasteiger partial charge >= 0.3 is 11.9 Å². The number of rotatable bonds is 6. The lowest BCUT2D eigenvalue weighted by Crippen LogP contribution is -2.52. The predicted molar refractivity (Wildman–Crippen MR) is 147 cm³/mol. The maximum Gasteiger partial charge on any atom is 0.315 e. The molecule has 1 amide bonds. The number of anilines is 1. The van der Waals surface area contributed by atoms with Crippen molar-refractivity contribution < 1.29 is 24.2 Å². The van der Waals surface area contributed by atoms with Gasteiger partial charge in [-0.15, -0.1) is 0 Å². The number of esters is 1. The van der Waals surface area contributed by atoms with E-state index in [0.717, 1.165) is 33.5 Å². The summed E-state index contributed by atoms with van der Waals surface area (Å²) in [6.45, 7) is 0. The van der Waals surface area contributed by atoms with Gasteiger partial charge in [0.15, 0.2) is 0 Å². The second-order valence-corrected chi connectivity index (χ2v) is 10.1. The number of hydrogen-bond acceptors (Lipinski definition) is 4. The monoisotopic (exact) mass is 517 g/mol. The molecule has 0 saturated heterocycles. The average molecular weight is 518 g/mol. The molecule has 0 radical (unpaired) electrons. The van der Waals surface area contributed by atoms with Crippen molar-refractivity contribution in [3.05, 3.63) is 120 Å². The van der Waals surface area contributed by atoms with E-state index < -0.39 is 35.6 Å². The van der Waals surface area contributed by atoms with Crippen LogP contribution in [-0.4, -0.2) is 23.0 Å². The van der Waals surface area contributed by atoms with Crippen molar-refractivity contribution >= 4 is 23.5 Å². The van der Waals surface area contributed by atoms with Gasteiger partial charge < -0.3 is 15.2 Å². The van der Waals surface area contributed by atoms with Crippen molar-refractivity contribution in [2.24, 2.45) is 11.8 Å². The molecule has 2 unspecified atom stereocenters. The normalized spacial score (nSPS) is 21.7. The third kappa shape index (κ3) is 4.70. The van der Waals surface area contributed by atoms with E-state index in [1.165, 1.54) is 0 Å². The maximum atomic E-state index is 13.7. The Hall–Kier alpha value is -4.71. The molecule has 1 aliphatic heterocycles. The van der Waals surface area contributed by atoms with Crippen LogP contribution in [0.1, 0.15) is 34.9 Å². The number of ether oxygens (including phenoxy) is 1. The number of carbonyl (C=O) groups excluding carboxylic acids is 2. The molecule has 2 aliphatic rings. The quantitative estimate of drug-likeness (QED) is 0.240. The third-order valence-electron chi connectivity index (χ3n) is 7.86. The maximum absolute atomic E-state index is 13.7. The first kappa shape index (κ1) is 24.6. The van der Waals surface area contributed by atoms with Crippen molar-refractivity contribution in [3.63, 3.8) is 0 Å². The highest BCUT2D eigenvalue weighted by Gasteiger charge is 2.59. The lowest BCUT2D eigenvalue weighted by atomic mass is 9.52. The molecule has 0 aromatic heterocycles. The van der Waals surface area contributed by atoms with Gasteiger partial charge in [-0.25, -0.2) is 0 Å². The highest BCUT2D eigenvalue weighted by molar-refractivity contribution is 5.94. The zero-order valence-corrected chi connectivity index (χ0v) is 21.1. The largest absolute Gasteiger partial charge is 0.481 e. The van der Waals surface area contributed by atoms with Crippen LogP contribution in [0.25, 0.3) is 11.1 Å². The lowest BCUT2D eigenvalue weighted by Gasteiger charge is -2.48. The van der Waals surface area contributed by atoms with Gasteiger partial charge in [0, 0.05) is 23.9 Å². The van der Waals surface area contributed by atoms with E-state index in [4.69, 9.17) is 4.74 Å². The van der Waals surface area contributed by atoms with Crippen molar-refractivity contribution in [1.82, 2.24) is 0 Å². The van der Waals surface area contributed by atoms with Crippen LogP contribution in [-0.2, 0) is 20.8 Å². The molecule has 6 heteroatoms. The topological polar surface area (TPSA) is 92.7 Å². The first-order chi connectivity index (χ1) is 19.0. The SMILES string of the molecule is O=C1CCc2cc(-c3cccc(OC(=O)C4C(c5ccccc5)C(C(=O)O)C4c4ccccc4)c3)ccc2N1. The van der Waals surface area contributed by atoms with Gasteiger partial charge in [-0.1, -0.05) is 78.9 Å². The highest BCUT2D eigenvalue weighted by atomic mass is 16.5. The summed E-state index contributed by atoms with van der Waals surface area (Å²) in [4.78, 5) is 37.9. The van der Waals surface area contributed by atoms with Crippen LogP contribution in [0.3, 0.4) is 0 Å². The van der Waals surface area contributed by atoms with E-state index in [2.05, 4.69) is 11.4 Å². The van der Waals surface area contributed by atoms with Crippen LogP contribution < -0.4 is 10.1 Å². The van der Waals surface area contributed by atoms with Crippen LogP contribution in [0.4, 0.5) is 5.69 Å². The van der Waals surface area contributed by atoms with Gasteiger partial charge in [-0.3, -0.25) is 14.4 Å². The number of hydrogen-bond donors (Lipinski definition) is 2. The summed E-state index contributed by atoms with van der Waals surface area (Å²) >= 11 is 0. The summed E-state index contributed by atoms with van der Waals surface area (Å²) < 4.78 is 5.95. The summed E-state index contributed by atoms with van der Waals surface area (Å²) in [5, 5.41) is 13.1. The molecule has 4 aromatic rings. The Morgan fingerprint density at radius 3 is 2.00 bits per heavy atom. The van der Waals surface area contributed by atoms with Crippen LogP contribution in [0.2, 0.25) is 0 Å². The van der Waals surface area contributed by atoms with Crippen molar-refractivity contribution in [2.45, 2.75) is 24.7 Å². The fraction of sp³-hybridized carbons (Fsp3) is 0.182. The van der Waals surface area contributed by atoms with E-state index in [1.54, 1.807) is 6.07 Å². The number of benzene rings is 4. The van der Waals surface area contributed by atoms with Gasteiger partial charge in [0.2, 0.25) is 5.91 Å². The highest BCUT2D eigenvalue weighted by Crippen LogP contribution is 2.58. The number of carboxylic acid groups (broad SMARTS) is 1. The Morgan fingerprint density at radius 2 is 1.36 bits per heavy atom. The minimum Gasteiger partial charge on any atom is -0.481 e. The molecule has 1 aliphatic carbocycles. The molecular formula is C33H27NO5. The summed E-state index contributed by atoms with van der Waals surface area (Å²) in [5.74, 6) is -3.33. The number of carboxylic acids is 1. The molecule has 0 spiro atoms. The molecule has 2 N–H and O–H groups in total. The third-order valence-corrected chi connectivity index (χ3v) is 7.86. The zero-order chi connectivity index (χ0) is 26.9. The van der Waals surface area contributed by atoms with Crippen LogP contribution in [0, 0.1) is 11.8 Å². The minimum atomic E-state index is -0.924. The fourth-order valence-corrected chi connectivity index (χ4v) is 6.01. The second kappa shape index (κ2) is 10.2. The number of aliphatic carboxylic acids is 1. The molecule has 6 rings (SSSR count). The van der Waals surface area contributed by atoms with Crippen LogP contribution >= 0.6 is 0 Å². The van der Waals surface area contributed by atoms with Gasteiger partial charge in [0.25, 0.3) is 0 Å². The van der Waals surface area contributed by atoms with Gasteiger partial charge in [0.1, 0.15) is 5.75 Å².